The fourth-order valence-corrected chi connectivity index (χ4v) is 7.24. The molecular formula is C40H49NO6. The van der Waals surface area contributed by atoms with Gasteiger partial charge in [0.2, 0.25) is 0 Å². The number of hydrogen-bond donors (Lipinski definition) is 0. The van der Waals surface area contributed by atoms with Crippen LogP contribution < -0.4 is 18.9 Å². The van der Waals surface area contributed by atoms with Crippen LogP contribution in [-0.4, -0.2) is 49.5 Å². The standard InChI is InChI=1S/C40H49NO6/c1-27-20-21-41(26-27)40(3,4)47-31-16-14-29(15-17-31)39-38(30-10-9-11-32(24-30)44-36-12-5-7-22-42-36)28(2)34-25-33(18-19-35(34)46-39)45-37-13-6-8-23-43-37/h9-11,14-19,24-25,27,36-37,39H,5-8,12-13,20-23,26H2,1-4H3/t27-,36?,37?,39+/m1/s1. The molecule has 7 nitrogen and oxygen atoms in total. The third-order valence-electron chi connectivity index (χ3n) is 9.96. The fourth-order valence-electron chi connectivity index (χ4n) is 7.24. The van der Waals surface area contributed by atoms with Gasteiger partial charge in [-0.3, -0.25) is 4.90 Å². The van der Waals surface area contributed by atoms with E-state index >= 15 is 0 Å². The highest BCUT2D eigenvalue weighted by Crippen LogP contribution is 2.48. The molecular weight excluding hydrogens is 590 g/mol. The van der Waals surface area contributed by atoms with E-state index in [1.54, 1.807) is 0 Å². The van der Waals surface area contributed by atoms with Crippen LogP contribution in [0.5, 0.6) is 23.0 Å². The van der Waals surface area contributed by atoms with Crippen molar-refractivity contribution in [1.82, 2.24) is 4.90 Å². The van der Waals surface area contributed by atoms with Gasteiger partial charge in [0.05, 0.1) is 13.2 Å². The molecule has 0 amide bonds. The van der Waals surface area contributed by atoms with Gasteiger partial charge in [-0.05, 0) is 118 Å². The van der Waals surface area contributed by atoms with E-state index in [1.807, 2.05) is 18.2 Å². The van der Waals surface area contributed by atoms with Gasteiger partial charge in [-0.2, -0.15) is 0 Å². The van der Waals surface area contributed by atoms with Gasteiger partial charge in [0.1, 0.15) is 29.1 Å². The van der Waals surface area contributed by atoms with Crippen LogP contribution in [0.3, 0.4) is 0 Å². The number of hydrogen-bond acceptors (Lipinski definition) is 7. The molecule has 0 aromatic heterocycles. The Bertz CT molecular complexity index is 1550. The molecule has 3 saturated heterocycles. The first-order valence-corrected chi connectivity index (χ1v) is 17.6. The second-order valence-corrected chi connectivity index (χ2v) is 14.0. The Hall–Kier alpha value is -3.52. The number of fused-ring (bicyclic) bond motifs is 1. The van der Waals surface area contributed by atoms with E-state index in [4.69, 9.17) is 28.4 Å². The molecule has 4 aliphatic rings. The van der Waals surface area contributed by atoms with Crippen LogP contribution in [0.4, 0.5) is 0 Å². The zero-order chi connectivity index (χ0) is 32.4. The maximum Gasteiger partial charge on any atom is 0.199 e. The van der Waals surface area contributed by atoms with Crippen molar-refractivity contribution in [2.24, 2.45) is 5.92 Å². The maximum atomic E-state index is 6.86. The Morgan fingerprint density at radius 2 is 1.45 bits per heavy atom. The summed E-state index contributed by atoms with van der Waals surface area (Å²) in [5.41, 5.74) is 4.99. The molecule has 7 heteroatoms. The summed E-state index contributed by atoms with van der Waals surface area (Å²) in [5, 5.41) is 0. The van der Waals surface area contributed by atoms with Crippen LogP contribution in [0, 0.1) is 5.92 Å². The second-order valence-electron chi connectivity index (χ2n) is 14.0. The lowest BCUT2D eigenvalue weighted by Crippen LogP contribution is -2.47. The molecule has 4 atom stereocenters. The molecule has 2 unspecified atom stereocenters. The summed E-state index contributed by atoms with van der Waals surface area (Å²) >= 11 is 0. The number of nitrogens with zero attached hydrogens (tertiary/aromatic N) is 1. The summed E-state index contributed by atoms with van der Waals surface area (Å²) in [4.78, 5) is 2.43. The van der Waals surface area contributed by atoms with E-state index in [-0.39, 0.29) is 24.4 Å². The van der Waals surface area contributed by atoms with Crippen LogP contribution in [0.2, 0.25) is 0 Å². The average Bonchev–Trinajstić information content (AvgIpc) is 3.53. The van der Waals surface area contributed by atoms with Crippen molar-refractivity contribution in [3.05, 3.63) is 83.4 Å². The molecule has 47 heavy (non-hydrogen) atoms. The van der Waals surface area contributed by atoms with Crippen molar-refractivity contribution in [2.45, 2.75) is 97.0 Å². The number of benzene rings is 3. The molecule has 4 heterocycles. The summed E-state index contributed by atoms with van der Waals surface area (Å²) < 4.78 is 37.7. The maximum absolute atomic E-state index is 6.86. The Kier molecular flexibility index (Phi) is 9.49. The van der Waals surface area contributed by atoms with Gasteiger partial charge >= 0.3 is 0 Å². The van der Waals surface area contributed by atoms with Crippen molar-refractivity contribution >= 4 is 11.1 Å². The summed E-state index contributed by atoms with van der Waals surface area (Å²) in [5.74, 6) is 3.97. The SMILES string of the molecule is CC1=C(c2cccc(OC3CCCCO3)c2)[C@H](c2ccc(OC(C)(C)N3CC[C@@H](C)C3)cc2)Oc2ccc(OC3CCCCO3)cc21. The number of likely N-dealkylation sites (tertiary alicyclic amines) is 1. The van der Waals surface area contributed by atoms with Crippen molar-refractivity contribution in [3.8, 4) is 23.0 Å². The Morgan fingerprint density at radius 1 is 0.766 bits per heavy atom. The van der Waals surface area contributed by atoms with Gasteiger partial charge in [0, 0.05) is 37.1 Å². The zero-order valence-corrected chi connectivity index (χ0v) is 28.3. The van der Waals surface area contributed by atoms with Gasteiger partial charge in [0.15, 0.2) is 18.3 Å². The molecule has 0 saturated carbocycles. The van der Waals surface area contributed by atoms with Crippen molar-refractivity contribution < 1.29 is 28.4 Å². The Labute approximate surface area is 279 Å². The summed E-state index contributed by atoms with van der Waals surface area (Å²) in [6, 6.07) is 22.8. The predicted molar refractivity (Wildman–Crippen MR) is 184 cm³/mol. The van der Waals surface area contributed by atoms with Crippen LogP contribution in [0.15, 0.2) is 66.7 Å². The molecule has 0 aliphatic carbocycles. The predicted octanol–water partition coefficient (Wildman–Crippen LogP) is 9.02. The lowest BCUT2D eigenvalue weighted by Gasteiger charge is -2.36. The lowest BCUT2D eigenvalue weighted by molar-refractivity contribution is -0.106. The minimum absolute atomic E-state index is 0.210. The second kappa shape index (κ2) is 13.9. The molecule has 3 aromatic rings. The average molecular weight is 640 g/mol. The number of rotatable bonds is 9. The van der Waals surface area contributed by atoms with E-state index in [1.165, 1.54) is 6.42 Å². The first kappa shape index (κ1) is 32.0. The van der Waals surface area contributed by atoms with E-state index in [2.05, 4.69) is 81.1 Å². The lowest BCUT2D eigenvalue weighted by atomic mass is 9.86. The highest BCUT2D eigenvalue weighted by molar-refractivity contribution is 5.96. The summed E-state index contributed by atoms with van der Waals surface area (Å²) in [6.07, 6.45) is 6.68. The van der Waals surface area contributed by atoms with Gasteiger partial charge in [-0.15, -0.1) is 0 Å². The first-order chi connectivity index (χ1) is 22.8. The highest BCUT2D eigenvalue weighted by Gasteiger charge is 2.34. The Balaban J connectivity index is 1.20. The van der Waals surface area contributed by atoms with E-state index in [0.717, 1.165) is 116 Å². The molecule has 0 radical (unpaired) electrons. The molecule has 3 aromatic carbocycles. The molecule has 0 spiro atoms. The van der Waals surface area contributed by atoms with Crippen molar-refractivity contribution in [2.75, 3.05) is 26.3 Å². The van der Waals surface area contributed by atoms with Crippen LogP contribution >= 0.6 is 0 Å². The molecule has 7 rings (SSSR count). The van der Waals surface area contributed by atoms with E-state index in [9.17, 15) is 0 Å². The first-order valence-electron chi connectivity index (χ1n) is 17.6. The zero-order valence-electron chi connectivity index (χ0n) is 28.3. The monoisotopic (exact) mass is 639 g/mol. The molecule has 4 aliphatic heterocycles. The number of allylic oxidation sites excluding steroid dienone is 1. The van der Waals surface area contributed by atoms with Crippen LogP contribution in [0.25, 0.3) is 11.1 Å². The molecule has 3 fully saturated rings. The van der Waals surface area contributed by atoms with Gasteiger partial charge in [-0.1, -0.05) is 31.2 Å². The summed E-state index contributed by atoms with van der Waals surface area (Å²) in [6.45, 7) is 12.4. The third kappa shape index (κ3) is 7.33. The number of ether oxygens (including phenoxy) is 6. The van der Waals surface area contributed by atoms with Crippen molar-refractivity contribution in [1.29, 1.82) is 0 Å². The van der Waals surface area contributed by atoms with Gasteiger partial charge in [-0.25, -0.2) is 0 Å². The smallest absolute Gasteiger partial charge is 0.199 e. The van der Waals surface area contributed by atoms with E-state index in [0.29, 0.717) is 5.92 Å². The minimum Gasteiger partial charge on any atom is -0.480 e. The molecule has 250 valence electrons. The van der Waals surface area contributed by atoms with Gasteiger partial charge in [0.25, 0.3) is 0 Å². The van der Waals surface area contributed by atoms with Crippen LogP contribution in [-0.2, 0) is 9.47 Å². The van der Waals surface area contributed by atoms with Crippen LogP contribution in [0.1, 0.15) is 95.4 Å². The normalized spacial score (nSPS) is 25.2. The van der Waals surface area contributed by atoms with E-state index < -0.39 is 0 Å². The minimum atomic E-state index is -0.376. The topological polar surface area (TPSA) is 58.6 Å². The third-order valence-corrected chi connectivity index (χ3v) is 9.96. The fraction of sp³-hybridized carbons (Fsp3) is 0.500. The summed E-state index contributed by atoms with van der Waals surface area (Å²) in [7, 11) is 0. The molecule has 0 bridgehead atoms. The van der Waals surface area contributed by atoms with Gasteiger partial charge < -0.3 is 28.4 Å². The quantitative estimate of drug-likeness (QED) is 0.232. The largest absolute Gasteiger partial charge is 0.480 e. The Morgan fingerprint density at radius 3 is 2.09 bits per heavy atom. The van der Waals surface area contributed by atoms with Crippen molar-refractivity contribution in [3.63, 3.8) is 0 Å². The highest BCUT2D eigenvalue weighted by atomic mass is 16.7. The molecule has 0 N–H and O–H groups in total.